The Bertz CT molecular complexity index is 448. The van der Waals surface area contributed by atoms with Crippen molar-refractivity contribution < 1.29 is 13.9 Å². The quantitative estimate of drug-likeness (QED) is 0.860. The van der Waals surface area contributed by atoms with Crippen LogP contribution in [0.2, 0.25) is 0 Å². The van der Waals surface area contributed by atoms with E-state index >= 15 is 0 Å². The zero-order valence-electron chi connectivity index (χ0n) is 12.9. The molecule has 1 aliphatic rings. The molecule has 0 aromatic heterocycles. The Morgan fingerprint density at radius 1 is 1.10 bits per heavy atom. The van der Waals surface area contributed by atoms with Crippen molar-refractivity contribution in [3.05, 3.63) is 35.4 Å². The second-order valence-corrected chi connectivity index (χ2v) is 6.33. The van der Waals surface area contributed by atoms with Crippen LogP contribution < -0.4 is 0 Å². The average molecular weight is 297 g/mol. The Hall–Kier alpha value is -1.00. The number of rotatable bonds is 4. The molecule has 4 heteroatoms. The first-order valence-electron chi connectivity index (χ1n) is 7.76. The minimum Gasteiger partial charge on any atom is -0.391 e. The lowest BCUT2D eigenvalue weighted by Crippen LogP contribution is -2.54. The average Bonchev–Trinajstić information content (AvgIpc) is 2.69. The van der Waals surface area contributed by atoms with Gasteiger partial charge in [-0.2, -0.15) is 0 Å². The minimum absolute atomic E-state index is 0.00419. The molecule has 1 unspecified atom stereocenters. The standard InChI is InChI=1S/C17H25F2NO/c1-20(2)17(10-5-3-4-6-11-17)16(21)12-13-14(18)8-7-9-15(13)19/h7-9,16,21H,3-6,10-12H2,1-2H3. The second-order valence-electron chi connectivity index (χ2n) is 6.33. The molecule has 0 radical (unpaired) electrons. The van der Waals surface area contributed by atoms with Crippen molar-refractivity contribution in [3.63, 3.8) is 0 Å². The summed E-state index contributed by atoms with van der Waals surface area (Å²) in [7, 11) is 3.90. The van der Waals surface area contributed by atoms with E-state index in [-0.39, 0.29) is 17.5 Å². The minimum atomic E-state index is -0.767. The first kappa shape index (κ1) is 16.4. The van der Waals surface area contributed by atoms with E-state index < -0.39 is 17.7 Å². The van der Waals surface area contributed by atoms with E-state index in [4.69, 9.17) is 0 Å². The maximum atomic E-state index is 13.8. The maximum absolute atomic E-state index is 13.8. The topological polar surface area (TPSA) is 23.5 Å². The van der Waals surface area contributed by atoms with Gasteiger partial charge >= 0.3 is 0 Å². The zero-order chi connectivity index (χ0) is 15.5. The van der Waals surface area contributed by atoms with Gasteiger partial charge in [-0.15, -0.1) is 0 Å². The molecule has 1 aromatic rings. The molecule has 118 valence electrons. The highest BCUT2D eigenvalue weighted by Crippen LogP contribution is 2.35. The number of aliphatic hydroxyl groups excluding tert-OH is 1. The van der Waals surface area contributed by atoms with Crippen LogP contribution in [-0.4, -0.2) is 35.7 Å². The predicted molar refractivity (Wildman–Crippen MR) is 80.2 cm³/mol. The number of likely N-dealkylation sites (N-methyl/N-ethyl adjacent to an activating group) is 1. The van der Waals surface area contributed by atoms with Gasteiger partial charge in [0.2, 0.25) is 0 Å². The van der Waals surface area contributed by atoms with Crippen LogP contribution in [0.3, 0.4) is 0 Å². The van der Waals surface area contributed by atoms with Gasteiger partial charge in [0.05, 0.1) is 6.10 Å². The Labute approximate surface area is 125 Å². The van der Waals surface area contributed by atoms with E-state index in [2.05, 4.69) is 0 Å². The molecule has 1 aromatic carbocycles. The third-order valence-electron chi connectivity index (χ3n) is 4.94. The number of aliphatic hydroxyl groups is 1. The summed E-state index contributed by atoms with van der Waals surface area (Å²) in [5.41, 5.74) is -0.388. The number of nitrogens with zero attached hydrogens (tertiary/aromatic N) is 1. The Morgan fingerprint density at radius 2 is 1.62 bits per heavy atom. The molecule has 21 heavy (non-hydrogen) atoms. The molecule has 1 fully saturated rings. The molecular formula is C17H25F2NO. The SMILES string of the molecule is CN(C)C1(C(O)Cc2c(F)cccc2F)CCCCCC1. The molecule has 0 aliphatic heterocycles. The van der Waals surface area contributed by atoms with Crippen LogP contribution in [-0.2, 0) is 6.42 Å². The first-order chi connectivity index (χ1) is 9.97. The van der Waals surface area contributed by atoms with E-state index in [1.807, 2.05) is 19.0 Å². The third-order valence-corrected chi connectivity index (χ3v) is 4.94. The summed E-state index contributed by atoms with van der Waals surface area (Å²) in [5, 5.41) is 10.7. The fraction of sp³-hybridized carbons (Fsp3) is 0.647. The highest BCUT2D eigenvalue weighted by atomic mass is 19.1. The Kier molecular flexibility index (Phi) is 5.33. The largest absolute Gasteiger partial charge is 0.391 e. The van der Waals surface area contributed by atoms with Gasteiger partial charge in [-0.1, -0.05) is 31.7 Å². The van der Waals surface area contributed by atoms with E-state index in [1.165, 1.54) is 18.2 Å². The molecule has 0 spiro atoms. The van der Waals surface area contributed by atoms with Crippen molar-refractivity contribution >= 4 is 0 Å². The summed E-state index contributed by atoms with van der Waals surface area (Å²) >= 11 is 0. The van der Waals surface area contributed by atoms with Crippen molar-refractivity contribution in [1.82, 2.24) is 4.90 Å². The first-order valence-corrected chi connectivity index (χ1v) is 7.76. The van der Waals surface area contributed by atoms with Gasteiger partial charge in [0.1, 0.15) is 11.6 Å². The monoisotopic (exact) mass is 297 g/mol. The number of hydrogen-bond acceptors (Lipinski definition) is 2. The van der Waals surface area contributed by atoms with Gasteiger partial charge in [-0.3, -0.25) is 0 Å². The van der Waals surface area contributed by atoms with Crippen molar-refractivity contribution in [2.75, 3.05) is 14.1 Å². The molecule has 1 atom stereocenters. The maximum Gasteiger partial charge on any atom is 0.129 e. The van der Waals surface area contributed by atoms with Crippen LogP contribution in [0.25, 0.3) is 0 Å². The summed E-state index contributed by atoms with van der Waals surface area (Å²) in [6.45, 7) is 0. The van der Waals surface area contributed by atoms with Crippen molar-refractivity contribution in [3.8, 4) is 0 Å². The highest BCUT2D eigenvalue weighted by Gasteiger charge is 2.40. The molecule has 0 heterocycles. The molecule has 0 amide bonds. The van der Waals surface area contributed by atoms with Crippen LogP contribution in [0.5, 0.6) is 0 Å². The van der Waals surface area contributed by atoms with Crippen LogP contribution in [0, 0.1) is 11.6 Å². The predicted octanol–water partition coefficient (Wildman–Crippen LogP) is 3.52. The number of hydrogen-bond donors (Lipinski definition) is 1. The third kappa shape index (κ3) is 3.43. The Morgan fingerprint density at radius 3 is 2.10 bits per heavy atom. The fourth-order valence-electron chi connectivity index (χ4n) is 3.53. The summed E-state index contributed by atoms with van der Waals surface area (Å²) < 4.78 is 27.6. The van der Waals surface area contributed by atoms with E-state index in [0.29, 0.717) is 0 Å². The lowest BCUT2D eigenvalue weighted by atomic mass is 9.80. The lowest BCUT2D eigenvalue weighted by Gasteiger charge is -2.43. The summed E-state index contributed by atoms with van der Waals surface area (Å²) in [5.74, 6) is -1.15. The fourth-order valence-corrected chi connectivity index (χ4v) is 3.53. The molecule has 1 N–H and O–H groups in total. The van der Waals surface area contributed by atoms with Gasteiger partial charge in [-0.25, -0.2) is 8.78 Å². The van der Waals surface area contributed by atoms with E-state index in [9.17, 15) is 13.9 Å². The van der Waals surface area contributed by atoms with Crippen molar-refractivity contribution in [2.24, 2.45) is 0 Å². The molecular weight excluding hydrogens is 272 g/mol. The van der Waals surface area contributed by atoms with Gasteiger partial charge in [0.15, 0.2) is 0 Å². The number of benzene rings is 1. The van der Waals surface area contributed by atoms with E-state index in [1.54, 1.807) is 0 Å². The van der Waals surface area contributed by atoms with Crippen LogP contribution in [0.15, 0.2) is 18.2 Å². The summed E-state index contributed by atoms with van der Waals surface area (Å²) in [6.07, 6.45) is 5.43. The molecule has 1 saturated carbocycles. The smallest absolute Gasteiger partial charge is 0.129 e. The van der Waals surface area contributed by atoms with Crippen molar-refractivity contribution in [2.45, 2.75) is 56.6 Å². The molecule has 0 bridgehead atoms. The highest BCUT2D eigenvalue weighted by molar-refractivity contribution is 5.21. The van der Waals surface area contributed by atoms with Gasteiger partial charge in [0, 0.05) is 17.5 Å². The van der Waals surface area contributed by atoms with Gasteiger partial charge in [-0.05, 0) is 39.1 Å². The zero-order valence-corrected chi connectivity index (χ0v) is 12.9. The molecule has 0 saturated heterocycles. The second kappa shape index (κ2) is 6.84. The van der Waals surface area contributed by atoms with Crippen LogP contribution in [0.4, 0.5) is 8.78 Å². The molecule has 2 nitrogen and oxygen atoms in total. The normalized spacial score (nSPS) is 20.3. The lowest BCUT2D eigenvalue weighted by molar-refractivity contribution is -0.0182. The van der Waals surface area contributed by atoms with Crippen LogP contribution in [0.1, 0.15) is 44.1 Å². The van der Waals surface area contributed by atoms with Crippen molar-refractivity contribution in [1.29, 1.82) is 0 Å². The van der Waals surface area contributed by atoms with Crippen LogP contribution >= 0.6 is 0 Å². The van der Waals surface area contributed by atoms with E-state index in [0.717, 1.165) is 38.5 Å². The summed E-state index contributed by atoms with van der Waals surface area (Å²) in [4.78, 5) is 2.04. The number of halogens is 2. The molecule has 1 aliphatic carbocycles. The molecule has 2 rings (SSSR count). The van der Waals surface area contributed by atoms with Gasteiger partial charge < -0.3 is 10.0 Å². The Balaban J connectivity index is 2.24. The summed E-state index contributed by atoms with van der Waals surface area (Å²) in [6, 6.07) is 3.86. The van der Waals surface area contributed by atoms with Gasteiger partial charge in [0.25, 0.3) is 0 Å².